The van der Waals surface area contributed by atoms with Crippen molar-refractivity contribution in [3.63, 3.8) is 0 Å². The van der Waals surface area contributed by atoms with Crippen LogP contribution in [0.15, 0.2) is 36.9 Å². The lowest BCUT2D eigenvalue weighted by molar-refractivity contribution is 0.389. The third-order valence-electron chi connectivity index (χ3n) is 4.43. The summed E-state index contributed by atoms with van der Waals surface area (Å²) < 4.78 is 24.1. The van der Waals surface area contributed by atoms with Gasteiger partial charge in [-0.3, -0.25) is 0 Å². The molecule has 4 nitrogen and oxygen atoms in total. The number of anilines is 1. The molecule has 2 unspecified atom stereocenters. The zero-order valence-electron chi connectivity index (χ0n) is 12.6. The van der Waals surface area contributed by atoms with Crippen LogP contribution in [0.1, 0.15) is 12.5 Å². The van der Waals surface area contributed by atoms with Gasteiger partial charge in [0.2, 0.25) is 0 Å². The molecule has 1 aromatic carbocycles. The Hall–Kier alpha value is -1.40. The number of fused-ring (bicyclic) bond motifs is 1. The van der Waals surface area contributed by atoms with Gasteiger partial charge in [0, 0.05) is 12.2 Å². The Kier molecular flexibility index (Phi) is 3.99. The van der Waals surface area contributed by atoms with Crippen molar-refractivity contribution < 1.29 is 8.42 Å². The lowest BCUT2D eigenvalue weighted by atomic mass is 10.1. The van der Waals surface area contributed by atoms with Crippen LogP contribution in [0, 0.1) is 0 Å². The number of hydrogen-bond acceptors (Lipinski definition) is 3. The molecule has 1 aromatic rings. The number of sulfone groups is 1. The van der Waals surface area contributed by atoms with Crippen molar-refractivity contribution in [3.8, 4) is 0 Å². The number of rotatable bonds is 4. The highest BCUT2D eigenvalue weighted by Gasteiger charge is 2.51. The fraction of sp³-hybridized carbons (Fsp3) is 0.438. The summed E-state index contributed by atoms with van der Waals surface area (Å²) in [6.07, 6.45) is 2.76. The van der Waals surface area contributed by atoms with Gasteiger partial charge in [-0.15, -0.1) is 6.58 Å². The van der Waals surface area contributed by atoms with Crippen molar-refractivity contribution in [1.29, 1.82) is 0 Å². The molecule has 2 saturated heterocycles. The molecule has 2 atom stereocenters. The van der Waals surface area contributed by atoms with Crippen molar-refractivity contribution in [2.45, 2.75) is 25.4 Å². The van der Waals surface area contributed by atoms with Crippen LogP contribution < -0.4 is 4.90 Å². The minimum absolute atomic E-state index is 0.0682. The summed E-state index contributed by atoms with van der Waals surface area (Å²) in [5.41, 5.74) is 2.23. The molecule has 0 radical (unpaired) electrons. The van der Waals surface area contributed by atoms with Gasteiger partial charge < -0.3 is 9.80 Å². The van der Waals surface area contributed by atoms with Crippen LogP contribution >= 0.6 is 12.2 Å². The molecule has 2 heterocycles. The SMILES string of the molecule is C=CCN1C(=S)N(c2ccc(CC)cc2)C2CS(=O)(=O)CC21. The van der Waals surface area contributed by atoms with E-state index in [1.165, 1.54) is 5.56 Å². The van der Waals surface area contributed by atoms with E-state index < -0.39 is 9.84 Å². The monoisotopic (exact) mass is 336 g/mol. The summed E-state index contributed by atoms with van der Waals surface area (Å²) in [6, 6.07) is 8.06. The first-order valence-electron chi connectivity index (χ1n) is 7.47. The van der Waals surface area contributed by atoms with E-state index in [9.17, 15) is 8.42 Å². The summed E-state index contributed by atoms with van der Waals surface area (Å²) in [7, 11) is -3.01. The van der Waals surface area contributed by atoms with Gasteiger partial charge in [-0.2, -0.15) is 0 Å². The highest BCUT2D eigenvalue weighted by atomic mass is 32.2. The molecule has 0 spiro atoms. The third kappa shape index (κ3) is 2.54. The molecule has 0 aliphatic carbocycles. The van der Waals surface area contributed by atoms with Crippen molar-refractivity contribution in [3.05, 3.63) is 42.5 Å². The van der Waals surface area contributed by atoms with Gasteiger partial charge in [0.15, 0.2) is 14.9 Å². The second kappa shape index (κ2) is 5.66. The van der Waals surface area contributed by atoms with Crippen molar-refractivity contribution >= 4 is 32.9 Å². The molecule has 2 fully saturated rings. The van der Waals surface area contributed by atoms with Crippen LogP contribution in [0.5, 0.6) is 0 Å². The fourth-order valence-corrected chi connectivity index (χ4v) is 5.72. The van der Waals surface area contributed by atoms with Gasteiger partial charge >= 0.3 is 0 Å². The second-order valence-electron chi connectivity index (χ2n) is 5.83. The van der Waals surface area contributed by atoms with E-state index in [0.717, 1.165) is 12.1 Å². The van der Waals surface area contributed by atoms with Gasteiger partial charge in [-0.05, 0) is 36.3 Å². The molecule has 0 saturated carbocycles. The largest absolute Gasteiger partial charge is 0.339 e. The van der Waals surface area contributed by atoms with Crippen LogP contribution in [-0.2, 0) is 16.3 Å². The van der Waals surface area contributed by atoms with Crippen LogP contribution in [0.2, 0.25) is 0 Å². The Balaban J connectivity index is 1.98. The smallest absolute Gasteiger partial charge is 0.177 e. The van der Waals surface area contributed by atoms with Gasteiger partial charge in [0.1, 0.15) is 0 Å². The standard InChI is InChI=1S/C16H20N2O2S2/c1-3-9-17-14-10-22(19,20)11-15(14)18(16(17)21)13-7-5-12(4-2)6-8-13/h3,5-8,14-15H,1,4,9-11H2,2H3. The van der Waals surface area contributed by atoms with E-state index in [2.05, 4.69) is 25.6 Å². The minimum atomic E-state index is -3.01. The Morgan fingerprint density at radius 1 is 1.27 bits per heavy atom. The molecule has 0 N–H and O–H groups in total. The maximum atomic E-state index is 12.1. The molecular weight excluding hydrogens is 316 g/mol. The lowest BCUT2D eigenvalue weighted by Crippen LogP contribution is -2.37. The molecular formula is C16H20N2O2S2. The van der Waals surface area contributed by atoms with Gasteiger partial charge in [0.05, 0.1) is 23.6 Å². The Labute approximate surface area is 137 Å². The third-order valence-corrected chi connectivity index (χ3v) is 6.56. The molecule has 6 heteroatoms. The first-order valence-corrected chi connectivity index (χ1v) is 9.70. The first-order chi connectivity index (χ1) is 10.5. The minimum Gasteiger partial charge on any atom is -0.339 e. The first kappa shape index (κ1) is 15.5. The molecule has 0 aromatic heterocycles. The second-order valence-corrected chi connectivity index (χ2v) is 8.34. The molecule has 118 valence electrons. The summed E-state index contributed by atoms with van der Waals surface area (Å²) >= 11 is 5.61. The molecule has 0 bridgehead atoms. The number of nitrogens with zero attached hydrogens (tertiary/aromatic N) is 2. The lowest BCUT2D eigenvalue weighted by Gasteiger charge is -2.25. The zero-order chi connectivity index (χ0) is 15.9. The maximum Gasteiger partial charge on any atom is 0.177 e. The average Bonchev–Trinajstić information content (AvgIpc) is 2.91. The molecule has 22 heavy (non-hydrogen) atoms. The van der Waals surface area contributed by atoms with E-state index in [0.29, 0.717) is 11.7 Å². The molecule has 0 amide bonds. The average molecular weight is 336 g/mol. The van der Waals surface area contributed by atoms with Crippen molar-refractivity contribution in [2.75, 3.05) is 23.0 Å². The maximum absolute atomic E-state index is 12.1. The van der Waals surface area contributed by atoms with Gasteiger partial charge in [-0.1, -0.05) is 25.1 Å². The van der Waals surface area contributed by atoms with E-state index >= 15 is 0 Å². The Bertz CT molecular complexity index is 697. The number of hydrogen-bond donors (Lipinski definition) is 0. The van der Waals surface area contributed by atoms with Gasteiger partial charge in [0.25, 0.3) is 0 Å². The Morgan fingerprint density at radius 2 is 1.91 bits per heavy atom. The highest BCUT2D eigenvalue weighted by molar-refractivity contribution is 7.91. The van der Waals surface area contributed by atoms with E-state index in [4.69, 9.17) is 12.2 Å². The number of benzene rings is 1. The van der Waals surface area contributed by atoms with Crippen molar-refractivity contribution in [1.82, 2.24) is 4.90 Å². The van der Waals surface area contributed by atoms with Crippen LogP contribution in [0.3, 0.4) is 0 Å². The quantitative estimate of drug-likeness (QED) is 0.621. The Morgan fingerprint density at radius 3 is 2.50 bits per heavy atom. The molecule has 3 rings (SSSR count). The highest BCUT2D eigenvalue weighted by Crippen LogP contribution is 2.35. The van der Waals surface area contributed by atoms with E-state index in [1.807, 2.05) is 21.9 Å². The van der Waals surface area contributed by atoms with Crippen LogP contribution in [-0.4, -0.2) is 48.6 Å². The molecule has 2 aliphatic rings. The van der Waals surface area contributed by atoms with E-state index in [1.54, 1.807) is 6.08 Å². The number of thiocarbonyl (C=S) groups is 1. The summed E-state index contributed by atoms with van der Waals surface area (Å²) in [5, 5.41) is 0.703. The molecule has 2 aliphatic heterocycles. The van der Waals surface area contributed by atoms with Crippen molar-refractivity contribution in [2.24, 2.45) is 0 Å². The van der Waals surface area contributed by atoms with Crippen LogP contribution in [0.25, 0.3) is 0 Å². The zero-order valence-corrected chi connectivity index (χ0v) is 14.2. The van der Waals surface area contributed by atoms with Crippen LogP contribution in [0.4, 0.5) is 5.69 Å². The summed E-state index contributed by atoms with van der Waals surface area (Å²) in [5.74, 6) is 0.343. The fourth-order valence-electron chi connectivity index (χ4n) is 3.32. The predicted molar refractivity (Wildman–Crippen MR) is 94.0 cm³/mol. The topological polar surface area (TPSA) is 40.6 Å². The number of aryl methyl sites for hydroxylation is 1. The predicted octanol–water partition coefficient (Wildman–Crippen LogP) is 2.01. The van der Waals surface area contributed by atoms with Gasteiger partial charge in [-0.25, -0.2) is 8.42 Å². The van der Waals surface area contributed by atoms with E-state index in [-0.39, 0.29) is 23.6 Å². The summed E-state index contributed by atoms with van der Waals surface area (Å²) in [6.45, 7) is 6.45. The normalized spacial score (nSPS) is 26.3. The summed E-state index contributed by atoms with van der Waals surface area (Å²) in [4.78, 5) is 4.00.